The van der Waals surface area contributed by atoms with E-state index in [-0.39, 0.29) is 12.5 Å². The van der Waals surface area contributed by atoms with Crippen molar-refractivity contribution in [3.05, 3.63) is 45.8 Å². The molecular weight excluding hydrogens is 372 g/mol. The van der Waals surface area contributed by atoms with Gasteiger partial charge in [0.05, 0.1) is 5.56 Å². The highest BCUT2D eigenvalue weighted by atomic mass is 32.1. The normalized spacial score (nSPS) is 14.6. The number of carbonyl (C=O) groups excluding carboxylic acids is 2. The van der Waals surface area contributed by atoms with Crippen LogP contribution in [-0.2, 0) is 17.6 Å². The Hall–Kier alpha value is -2.34. The lowest BCUT2D eigenvalue weighted by atomic mass is 9.99. The number of hydrogen-bond acceptors (Lipinski definition) is 4. The number of anilines is 1. The SMILES string of the molecule is CC[C@@H](C)c1ccc(OCC(=O)Nc2sc3c(c2C(N)=O)CCCCC3)cc1. The summed E-state index contributed by atoms with van der Waals surface area (Å²) < 4.78 is 5.61. The molecule has 0 radical (unpaired) electrons. The zero-order chi connectivity index (χ0) is 20.1. The second-order valence-corrected chi connectivity index (χ2v) is 8.45. The third kappa shape index (κ3) is 4.73. The predicted molar refractivity (Wildman–Crippen MR) is 113 cm³/mol. The van der Waals surface area contributed by atoms with E-state index in [4.69, 9.17) is 10.5 Å². The van der Waals surface area contributed by atoms with Crippen LogP contribution in [0.5, 0.6) is 5.75 Å². The number of rotatable bonds is 7. The third-order valence-electron chi connectivity index (χ3n) is 5.35. The van der Waals surface area contributed by atoms with Crippen LogP contribution in [0.4, 0.5) is 5.00 Å². The van der Waals surface area contributed by atoms with Crippen LogP contribution in [0.25, 0.3) is 0 Å². The first-order valence-electron chi connectivity index (χ1n) is 9.96. The summed E-state index contributed by atoms with van der Waals surface area (Å²) in [6, 6.07) is 7.83. The first-order chi connectivity index (χ1) is 13.5. The Morgan fingerprint density at radius 3 is 2.57 bits per heavy atom. The van der Waals surface area contributed by atoms with Gasteiger partial charge in [0, 0.05) is 4.88 Å². The fourth-order valence-corrected chi connectivity index (χ4v) is 4.84. The zero-order valence-electron chi connectivity index (χ0n) is 16.5. The van der Waals surface area contributed by atoms with Crippen molar-refractivity contribution in [1.29, 1.82) is 0 Å². The lowest BCUT2D eigenvalue weighted by molar-refractivity contribution is -0.118. The number of thiophene rings is 1. The number of fused-ring (bicyclic) bond motifs is 1. The van der Waals surface area contributed by atoms with Gasteiger partial charge in [-0.25, -0.2) is 0 Å². The van der Waals surface area contributed by atoms with E-state index in [1.807, 2.05) is 24.3 Å². The number of benzene rings is 1. The Morgan fingerprint density at radius 1 is 1.18 bits per heavy atom. The molecule has 2 aromatic rings. The summed E-state index contributed by atoms with van der Waals surface area (Å²) in [6.07, 6.45) is 6.18. The number of amides is 2. The summed E-state index contributed by atoms with van der Waals surface area (Å²) in [6.45, 7) is 4.23. The molecule has 0 saturated carbocycles. The largest absolute Gasteiger partial charge is 0.484 e. The maximum Gasteiger partial charge on any atom is 0.262 e. The van der Waals surface area contributed by atoms with Crippen LogP contribution in [-0.4, -0.2) is 18.4 Å². The van der Waals surface area contributed by atoms with Crippen LogP contribution < -0.4 is 15.8 Å². The van der Waals surface area contributed by atoms with Crippen LogP contribution in [0, 0.1) is 0 Å². The summed E-state index contributed by atoms with van der Waals surface area (Å²) in [4.78, 5) is 25.5. The molecule has 3 N–H and O–H groups in total. The fourth-order valence-electron chi connectivity index (χ4n) is 3.53. The first-order valence-corrected chi connectivity index (χ1v) is 10.8. The molecule has 0 fully saturated rings. The lowest BCUT2D eigenvalue weighted by Gasteiger charge is -2.11. The molecule has 150 valence electrons. The number of ether oxygens (including phenoxy) is 1. The summed E-state index contributed by atoms with van der Waals surface area (Å²) >= 11 is 1.47. The molecule has 0 saturated heterocycles. The highest BCUT2D eigenvalue weighted by Gasteiger charge is 2.24. The van der Waals surface area contributed by atoms with Gasteiger partial charge in [-0.1, -0.05) is 32.4 Å². The molecule has 0 spiro atoms. The maximum atomic E-state index is 12.4. The minimum absolute atomic E-state index is 0.108. The van der Waals surface area contributed by atoms with E-state index in [0.717, 1.165) is 44.1 Å². The topological polar surface area (TPSA) is 81.4 Å². The van der Waals surface area contributed by atoms with E-state index in [0.29, 0.717) is 22.2 Å². The van der Waals surface area contributed by atoms with Gasteiger partial charge in [-0.3, -0.25) is 9.59 Å². The van der Waals surface area contributed by atoms with E-state index in [1.165, 1.54) is 21.8 Å². The van der Waals surface area contributed by atoms with Crippen molar-refractivity contribution in [2.75, 3.05) is 11.9 Å². The molecule has 28 heavy (non-hydrogen) atoms. The molecule has 3 rings (SSSR count). The standard InChI is InChI=1S/C22H28N2O3S/c1-3-14(2)15-9-11-16(12-10-15)27-13-19(25)24-22-20(21(23)26)17-7-5-4-6-8-18(17)28-22/h9-12,14H,3-8,13H2,1-2H3,(H2,23,26)(H,24,25)/t14-/m1/s1. The molecule has 0 aliphatic heterocycles. The van der Waals surface area contributed by atoms with Gasteiger partial charge in [0.15, 0.2) is 6.61 Å². The van der Waals surface area contributed by atoms with Gasteiger partial charge in [-0.15, -0.1) is 11.3 Å². The lowest BCUT2D eigenvalue weighted by Crippen LogP contribution is -2.22. The molecule has 0 bridgehead atoms. The zero-order valence-corrected chi connectivity index (χ0v) is 17.4. The van der Waals surface area contributed by atoms with E-state index in [1.54, 1.807) is 0 Å². The molecule has 1 atom stereocenters. The number of nitrogens with one attached hydrogen (secondary N) is 1. The maximum absolute atomic E-state index is 12.4. The Bertz CT molecular complexity index is 842. The monoisotopic (exact) mass is 400 g/mol. The van der Waals surface area contributed by atoms with Gasteiger partial charge in [0.1, 0.15) is 10.8 Å². The second kappa shape index (κ2) is 9.24. The molecule has 0 unspecified atom stereocenters. The molecule has 1 aliphatic carbocycles. The molecule has 2 amide bonds. The number of hydrogen-bond donors (Lipinski definition) is 2. The fraction of sp³-hybridized carbons (Fsp3) is 0.455. The van der Waals surface area contributed by atoms with Crippen molar-refractivity contribution in [3.63, 3.8) is 0 Å². The van der Waals surface area contributed by atoms with Gasteiger partial charge < -0.3 is 15.8 Å². The summed E-state index contributed by atoms with van der Waals surface area (Å²) in [5.74, 6) is 0.388. The van der Waals surface area contributed by atoms with Crippen molar-refractivity contribution >= 4 is 28.2 Å². The molecule has 1 aliphatic rings. The van der Waals surface area contributed by atoms with Crippen molar-refractivity contribution in [2.24, 2.45) is 5.73 Å². The summed E-state index contributed by atoms with van der Waals surface area (Å²) in [7, 11) is 0. The Kier molecular flexibility index (Phi) is 6.73. The van der Waals surface area contributed by atoms with Crippen molar-refractivity contribution in [2.45, 2.75) is 58.3 Å². The molecule has 1 aromatic carbocycles. The van der Waals surface area contributed by atoms with E-state index < -0.39 is 5.91 Å². The van der Waals surface area contributed by atoms with Crippen LogP contribution in [0.2, 0.25) is 0 Å². The van der Waals surface area contributed by atoms with Gasteiger partial charge in [0.2, 0.25) is 0 Å². The Balaban J connectivity index is 1.64. The summed E-state index contributed by atoms with van der Waals surface area (Å²) in [5, 5.41) is 3.39. The van der Waals surface area contributed by atoms with Crippen LogP contribution in [0.15, 0.2) is 24.3 Å². The molecule has 5 nitrogen and oxygen atoms in total. The molecule has 1 heterocycles. The van der Waals surface area contributed by atoms with Gasteiger partial charge >= 0.3 is 0 Å². The minimum Gasteiger partial charge on any atom is -0.484 e. The average molecular weight is 401 g/mol. The Labute approximate surface area is 170 Å². The van der Waals surface area contributed by atoms with Gasteiger partial charge in [-0.2, -0.15) is 0 Å². The van der Waals surface area contributed by atoms with Crippen molar-refractivity contribution in [3.8, 4) is 5.75 Å². The number of nitrogens with two attached hydrogens (primary N) is 1. The number of primary amides is 1. The third-order valence-corrected chi connectivity index (χ3v) is 6.56. The Morgan fingerprint density at radius 2 is 1.89 bits per heavy atom. The quantitative estimate of drug-likeness (QED) is 0.664. The van der Waals surface area contributed by atoms with Crippen molar-refractivity contribution in [1.82, 2.24) is 0 Å². The van der Waals surface area contributed by atoms with Crippen LogP contribution in [0.1, 0.15) is 71.8 Å². The van der Waals surface area contributed by atoms with Crippen LogP contribution >= 0.6 is 11.3 Å². The predicted octanol–water partition coefficient (Wildman–Crippen LogP) is 4.65. The highest BCUT2D eigenvalue weighted by Crippen LogP contribution is 2.37. The minimum atomic E-state index is -0.476. The number of carbonyl (C=O) groups is 2. The second-order valence-electron chi connectivity index (χ2n) is 7.35. The summed E-state index contributed by atoms with van der Waals surface area (Å²) in [5.41, 5.74) is 8.37. The first kappa shape index (κ1) is 20.4. The van der Waals surface area contributed by atoms with Crippen LogP contribution in [0.3, 0.4) is 0 Å². The molecule has 1 aromatic heterocycles. The molecule has 6 heteroatoms. The van der Waals surface area contributed by atoms with Gasteiger partial charge in [0.25, 0.3) is 11.8 Å². The number of aryl methyl sites for hydroxylation is 1. The van der Waals surface area contributed by atoms with E-state index in [2.05, 4.69) is 19.2 Å². The molecular formula is C22H28N2O3S. The van der Waals surface area contributed by atoms with Gasteiger partial charge in [-0.05, 0) is 61.3 Å². The van der Waals surface area contributed by atoms with E-state index in [9.17, 15) is 9.59 Å². The van der Waals surface area contributed by atoms with E-state index >= 15 is 0 Å². The average Bonchev–Trinajstić information content (AvgIpc) is 2.87. The van der Waals surface area contributed by atoms with Crippen molar-refractivity contribution < 1.29 is 14.3 Å². The smallest absolute Gasteiger partial charge is 0.262 e. The highest BCUT2D eigenvalue weighted by molar-refractivity contribution is 7.17.